The molecule has 198 valence electrons. The number of rotatable bonds is 7. The van der Waals surface area contributed by atoms with Gasteiger partial charge in [-0.15, -0.1) is 0 Å². The number of methoxy groups -OCH3 is 1. The fourth-order valence-corrected chi connectivity index (χ4v) is 5.18. The molecular weight excluding hydrogens is 504 g/mol. The van der Waals surface area contributed by atoms with Crippen molar-refractivity contribution in [3.63, 3.8) is 0 Å². The second kappa shape index (κ2) is 11.6. The zero-order valence-corrected chi connectivity index (χ0v) is 22.1. The van der Waals surface area contributed by atoms with Gasteiger partial charge in [0.1, 0.15) is 11.5 Å². The summed E-state index contributed by atoms with van der Waals surface area (Å²) in [7, 11) is 1.34. The first-order valence-electron chi connectivity index (χ1n) is 12.8. The van der Waals surface area contributed by atoms with E-state index in [2.05, 4.69) is 16.0 Å². The van der Waals surface area contributed by atoms with E-state index in [-0.39, 0.29) is 6.61 Å². The first-order valence-corrected chi connectivity index (χ1v) is 13.2. The number of benzene rings is 2. The van der Waals surface area contributed by atoms with Crippen LogP contribution in [0, 0.1) is 0 Å². The summed E-state index contributed by atoms with van der Waals surface area (Å²) in [5, 5.41) is 11.9. The normalized spacial score (nSPS) is 17.6. The molecule has 2 aromatic carbocycles. The van der Waals surface area contributed by atoms with E-state index < -0.39 is 11.6 Å². The van der Waals surface area contributed by atoms with Crippen LogP contribution in [0.5, 0.6) is 17.4 Å². The highest BCUT2D eigenvalue weighted by Gasteiger charge is 2.33. The van der Waals surface area contributed by atoms with Crippen molar-refractivity contribution in [1.82, 2.24) is 9.88 Å². The van der Waals surface area contributed by atoms with Crippen LogP contribution in [0.15, 0.2) is 66.9 Å². The van der Waals surface area contributed by atoms with Gasteiger partial charge in [-0.3, -0.25) is 0 Å². The Morgan fingerprint density at radius 3 is 2.71 bits per heavy atom. The van der Waals surface area contributed by atoms with E-state index in [1.165, 1.54) is 7.11 Å². The quantitative estimate of drug-likeness (QED) is 0.407. The number of carbonyl (C=O) groups is 1. The Hall–Kier alpha value is -3.39. The molecule has 0 radical (unpaired) electrons. The monoisotopic (exact) mass is 534 g/mol. The van der Waals surface area contributed by atoms with E-state index in [1.54, 1.807) is 6.20 Å². The predicted octanol–water partition coefficient (Wildman–Crippen LogP) is 5.39. The number of carbonyl (C=O) groups excluding carboxylic acids is 1. The number of nitrogens with zero attached hydrogens (tertiary/aromatic N) is 2. The molecule has 1 saturated heterocycles. The highest BCUT2D eigenvalue weighted by atomic mass is 35.5. The number of aliphatic hydroxyl groups is 1. The van der Waals surface area contributed by atoms with Crippen molar-refractivity contribution < 1.29 is 24.1 Å². The lowest BCUT2D eigenvalue weighted by Gasteiger charge is -2.38. The molecule has 1 aromatic heterocycles. The Morgan fingerprint density at radius 2 is 1.95 bits per heavy atom. The minimum absolute atomic E-state index is 0.172. The Kier molecular flexibility index (Phi) is 7.98. The molecule has 0 spiro atoms. The first kappa shape index (κ1) is 26.2. The third-order valence-corrected chi connectivity index (χ3v) is 7.51. The summed E-state index contributed by atoms with van der Waals surface area (Å²) < 4.78 is 16.7. The third-order valence-electron chi connectivity index (χ3n) is 7.26. The minimum atomic E-state index is -0.812. The highest BCUT2D eigenvalue weighted by molar-refractivity contribution is 6.30. The molecule has 3 aromatic rings. The summed E-state index contributed by atoms with van der Waals surface area (Å²) >= 11 is 6.02. The van der Waals surface area contributed by atoms with Crippen LogP contribution in [0.2, 0.25) is 5.02 Å². The molecule has 38 heavy (non-hydrogen) atoms. The van der Waals surface area contributed by atoms with Crippen LogP contribution in [-0.4, -0.2) is 54.3 Å². The molecule has 0 aliphatic carbocycles. The number of fused-ring (bicyclic) bond motifs is 2. The molecule has 2 aliphatic heterocycles. The van der Waals surface area contributed by atoms with Crippen LogP contribution in [0.25, 0.3) is 5.57 Å². The number of ether oxygens (including phenoxy) is 3. The number of halogens is 1. The van der Waals surface area contributed by atoms with Gasteiger partial charge in [-0.05, 0) is 66.8 Å². The van der Waals surface area contributed by atoms with E-state index in [0.717, 1.165) is 48.3 Å². The number of aromatic nitrogens is 1. The van der Waals surface area contributed by atoms with Crippen LogP contribution in [0.3, 0.4) is 0 Å². The van der Waals surface area contributed by atoms with Gasteiger partial charge in [0, 0.05) is 48.4 Å². The van der Waals surface area contributed by atoms with Crippen LogP contribution in [0.4, 0.5) is 0 Å². The second-order valence-corrected chi connectivity index (χ2v) is 10.1. The summed E-state index contributed by atoms with van der Waals surface area (Å²) in [6.45, 7) is 2.34. The van der Waals surface area contributed by atoms with E-state index in [0.29, 0.717) is 41.7 Å². The van der Waals surface area contributed by atoms with Gasteiger partial charge in [0.05, 0.1) is 12.7 Å². The molecule has 2 aliphatic rings. The number of pyridine rings is 1. The molecule has 5 rings (SSSR count). The SMILES string of the molecule is COC(=O)COc1cccc2c1CC(=CCCN1CCC(O)(c3ccc(Cl)cc3)CC1)c1cccnc1O2. The summed E-state index contributed by atoms with van der Waals surface area (Å²) in [4.78, 5) is 18.5. The number of hydrogen-bond acceptors (Lipinski definition) is 7. The molecule has 3 heterocycles. The van der Waals surface area contributed by atoms with Crippen molar-refractivity contribution in [1.29, 1.82) is 0 Å². The fraction of sp³-hybridized carbons (Fsp3) is 0.333. The molecule has 0 atom stereocenters. The van der Waals surface area contributed by atoms with Gasteiger partial charge in [0.25, 0.3) is 0 Å². The molecule has 0 amide bonds. The van der Waals surface area contributed by atoms with Crippen molar-refractivity contribution in [2.24, 2.45) is 0 Å². The smallest absolute Gasteiger partial charge is 0.343 e. The lowest BCUT2D eigenvalue weighted by atomic mass is 9.84. The van der Waals surface area contributed by atoms with E-state index in [9.17, 15) is 9.90 Å². The van der Waals surface area contributed by atoms with Crippen molar-refractivity contribution in [3.8, 4) is 17.4 Å². The second-order valence-electron chi connectivity index (χ2n) is 9.63. The zero-order chi connectivity index (χ0) is 26.5. The molecule has 1 N–H and O–H groups in total. The number of esters is 1. The van der Waals surface area contributed by atoms with Crippen molar-refractivity contribution >= 4 is 23.1 Å². The maximum atomic E-state index is 11.7. The van der Waals surface area contributed by atoms with Gasteiger partial charge in [-0.25, -0.2) is 9.78 Å². The Labute approximate surface area is 227 Å². The number of likely N-dealkylation sites (tertiary alicyclic amines) is 1. The number of piperidine rings is 1. The third kappa shape index (κ3) is 5.85. The van der Waals surface area contributed by atoms with Crippen molar-refractivity contribution in [2.75, 3.05) is 33.4 Å². The minimum Gasteiger partial charge on any atom is -0.481 e. The lowest BCUT2D eigenvalue weighted by molar-refractivity contribution is -0.142. The summed E-state index contributed by atoms with van der Waals surface area (Å²) in [6.07, 6.45) is 6.73. The summed E-state index contributed by atoms with van der Waals surface area (Å²) in [5.41, 5.74) is 3.02. The first-order chi connectivity index (χ1) is 18.4. The molecule has 1 fully saturated rings. The summed E-state index contributed by atoms with van der Waals surface area (Å²) in [5.74, 6) is 1.35. The average Bonchev–Trinajstić information content (AvgIpc) is 3.10. The molecule has 8 heteroatoms. The molecule has 0 saturated carbocycles. The van der Waals surface area contributed by atoms with E-state index in [4.69, 9.17) is 25.8 Å². The van der Waals surface area contributed by atoms with Gasteiger partial charge in [-0.1, -0.05) is 35.9 Å². The summed E-state index contributed by atoms with van der Waals surface area (Å²) in [6, 6.07) is 17.0. The van der Waals surface area contributed by atoms with Crippen molar-refractivity contribution in [2.45, 2.75) is 31.3 Å². The van der Waals surface area contributed by atoms with Gasteiger partial charge < -0.3 is 24.2 Å². The standard InChI is InChI=1S/C30H31ClN2O5/c1-36-28(34)20-37-26-7-2-8-27-25(26)19-21(24-6-3-15-32-29(24)38-27)5-4-16-33-17-13-30(35,14-18-33)22-9-11-23(31)12-10-22/h2-3,5-12,15,35H,4,13-14,16-20H2,1H3. The lowest BCUT2D eigenvalue weighted by Crippen LogP contribution is -2.42. The Balaban J connectivity index is 1.29. The van der Waals surface area contributed by atoms with Gasteiger partial charge in [0.2, 0.25) is 5.88 Å². The van der Waals surface area contributed by atoms with Gasteiger partial charge in [-0.2, -0.15) is 0 Å². The van der Waals surface area contributed by atoms with Crippen LogP contribution < -0.4 is 9.47 Å². The Bertz CT molecular complexity index is 1320. The maximum absolute atomic E-state index is 11.7. The maximum Gasteiger partial charge on any atom is 0.343 e. The van der Waals surface area contributed by atoms with Crippen LogP contribution in [-0.2, 0) is 21.6 Å². The molecular formula is C30H31ClN2O5. The fourth-order valence-electron chi connectivity index (χ4n) is 5.05. The zero-order valence-electron chi connectivity index (χ0n) is 21.4. The largest absolute Gasteiger partial charge is 0.481 e. The molecule has 0 unspecified atom stereocenters. The van der Waals surface area contributed by atoms with Gasteiger partial charge >= 0.3 is 5.97 Å². The number of hydrogen-bond donors (Lipinski definition) is 1. The average molecular weight is 535 g/mol. The van der Waals surface area contributed by atoms with Crippen molar-refractivity contribution in [3.05, 3.63) is 88.6 Å². The Morgan fingerprint density at radius 1 is 1.16 bits per heavy atom. The molecule has 0 bridgehead atoms. The van der Waals surface area contributed by atoms with Crippen LogP contribution in [0.1, 0.15) is 36.0 Å². The molecule has 7 nitrogen and oxygen atoms in total. The van der Waals surface area contributed by atoms with Gasteiger partial charge in [0.15, 0.2) is 6.61 Å². The number of allylic oxidation sites excluding steroid dienone is 1. The van der Waals surface area contributed by atoms with E-state index >= 15 is 0 Å². The predicted molar refractivity (Wildman–Crippen MR) is 146 cm³/mol. The topological polar surface area (TPSA) is 81.1 Å². The van der Waals surface area contributed by atoms with E-state index in [1.807, 2.05) is 54.6 Å². The van der Waals surface area contributed by atoms with Crippen LogP contribution >= 0.6 is 11.6 Å². The highest BCUT2D eigenvalue weighted by Crippen LogP contribution is 2.41.